The summed E-state index contributed by atoms with van der Waals surface area (Å²) in [6.45, 7) is 3.69. The minimum Gasteiger partial charge on any atom is -0.383 e. The molecular weight excluding hydrogens is 357 g/mol. The van der Waals surface area contributed by atoms with Gasteiger partial charge >= 0.3 is 0 Å². The van der Waals surface area contributed by atoms with Crippen LogP contribution < -0.4 is 10.2 Å². The molecule has 0 bridgehead atoms. The number of nitrogens with one attached hydrogen (secondary N) is 1. The summed E-state index contributed by atoms with van der Waals surface area (Å²) in [7, 11) is 0. The van der Waals surface area contributed by atoms with Crippen molar-refractivity contribution < 1.29 is 4.79 Å². The fraction of sp³-hybridized carbons (Fsp3) is 0.316. The molecule has 1 aliphatic rings. The molecular formula is C19H21Cl2N3O. The van der Waals surface area contributed by atoms with E-state index >= 15 is 0 Å². The van der Waals surface area contributed by atoms with Gasteiger partial charge in [-0.3, -0.25) is 4.79 Å². The van der Waals surface area contributed by atoms with Gasteiger partial charge in [-0.15, -0.1) is 0 Å². The number of piperazine rings is 1. The molecule has 0 aliphatic carbocycles. The number of carbonyl (C=O) groups excluding carboxylic acids is 1. The second-order valence-corrected chi connectivity index (χ2v) is 6.85. The van der Waals surface area contributed by atoms with Crippen molar-refractivity contribution in [1.82, 2.24) is 4.90 Å². The molecule has 3 rings (SSSR count). The van der Waals surface area contributed by atoms with E-state index in [9.17, 15) is 4.79 Å². The molecule has 0 spiro atoms. The molecule has 6 heteroatoms. The van der Waals surface area contributed by atoms with Crippen LogP contribution in [0.4, 0.5) is 11.4 Å². The Morgan fingerprint density at radius 3 is 2.48 bits per heavy atom. The summed E-state index contributed by atoms with van der Waals surface area (Å²) in [5, 5.41) is 4.63. The molecule has 2 aromatic rings. The van der Waals surface area contributed by atoms with E-state index in [1.54, 1.807) is 0 Å². The van der Waals surface area contributed by atoms with Gasteiger partial charge in [0.1, 0.15) is 0 Å². The Morgan fingerprint density at radius 2 is 1.76 bits per heavy atom. The zero-order valence-electron chi connectivity index (χ0n) is 13.9. The number of carbonyl (C=O) groups is 1. The normalized spacial score (nSPS) is 14.5. The molecule has 0 radical (unpaired) electrons. The third-order valence-corrected chi connectivity index (χ3v) is 4.90. The van der Waals surface area contributed by atoms with Gasteiger partial charge in [0, 0.05) is 49.9 Å². The minimum absolute atomic E-state index is 0.172. The Hall–Kier alpha value is -1.91. The van der Waals surface area contributed by atoms with Gasteiger partial charge in [-0.1, -0.05) is 41.4 Å². The van der Waals surface area contributed by atoms with Crippen molar-refractivity contribution in [2.45, 2.75) is 6.42 Å². The zero-order valence-corrected chi connectivity index (χ0v) is 15.4. The summed E-state index contributed by atoms with van der Waals surface area (Å²) < 4.78 is 0. The minimum atomic E-state index is 0.172. The molecule has 0 unspecified atom stereocenters. The average molecular weight is 378 g/mol. The lowest BCUT2D eigenvalue weighted by Crippen LogP contribution is -2.49. The standard InChI is InChI=1S/C19H21Cl2N3O/c20-15-4-3-5-16(14-15)23-10-12-24(13-11-23)19(25)8-9-22-18-7-2-1-6-17(18)21/h1-7,14,22H,8-13H2. The van der Waals surface area contributed by atoms with E-state index in [2.05, 4.69) is 16.3 Å². The topological polar surface area (TPSA) is 35.6 Å². The molecule has 0 atom stereocenters. The molecule has 1 N–H and O–H groups in total. The van der Waals surface area contributed by atoms with Gasteiger partial charge < -0.3 is 15.1 Å². The maximum absolute atomic E-state index is 12.4. The highest BCUT2D eigenvalue weighted by molar-refractivity contribution is 6.33. The van der Waals surface area contributed by atoms with Gasteiger partial charge in [0.25, 0.3) is 0 Å². The van der Waals surface area contributed by atoms with Crippen LogP contribution in [0, 0.1) is 0 Å². The summed E-state index contributed by atoms with van der Waals surface area (Å²) in [5.74, 6) is 0.172. The van der Waals surface area contributed by atoms with Crippen molar-refractivity contribution in [2.24, 2.45) is 0 Å². The lowest BCUT2D eigenvalue weighted by molar-refractivity contribution is -0.131. The van der Waals surface area contributed by atoms with Crippen LogP contribution in [0.25, 0.3) is 0 Å². The fourth-order valence-electron chi connectivity index (χ4n) is 2.95. The first-order valence-electron chi connectivity index (χ1n) is 8.40. The Labute approximate surface area is 158 Å². The van der Waals surface area contributed by atoms with E-state index in [-0.39, 0.29) is 5.91 Å². The largest absolute Gasteiger partial charge is 0.383 e. The maximum atomic E-state index is 12.4. The summed E-state index contributed by atoms with van der Waals surface area (Å²) in [6.07, 6.45) is 0.461. The molecule has 25 heavy (non-hydrogen) atoms. The molecule has 1 saturated heterocycles. The summed E-state index contributed by atoms with van der Waals surface area (Å²) >= 11 is 12.2. The van der Waals surface area contributed by atoms with Gasteiger partial charge in [0.2, 0.25) is 5.91 Å². The Morgan fingerprint density at radius 1 is 1.00 bits per heavy atom. The number of halogens is 2. The third kappa shape index (κ3) is 4.80. The van der Waals surface area contributed by atoms with Crippen molar-refractivity contribution in [3.63, 3.8) is 0 Å². The number of nitrogens with zero attached hydrogens (tertiary/aromatic N) is 2. The first kappa shape index (κ1) is 17.9. The highest BCUT2D eigenvalue weighted by Gasteiger charge is 2.21. The fourth-order valence-corrected chi connectivity index (χ4v) is 3.34. The van der Waals surface area contributed by atoms with Crippen LogP contribution in [0.3, 0.4) is 0 Å². The monoisotopic (exact) mass is 377 g/mol. The van der Waals surface area contributed by atoms with E-state index in [0.717, 1.165) is 42.6 Å². The molecule has 2 aromatic carbocycles. The number of hydrogen-bond donors (Lipinski definition) is 1. The van der Waals surface area contributed by atoms with Crippen LogP contribution in [0.2, 0.25) is 10.0 Å². The predicted molar refractivity (Wildman–Crippen MR) is 105 cm³/mol. The zero-order chi connectivity index (χ0) is 17.6. The van der Waals surface area contributed by atoms with Crippen molar-refractivity contribution in [2.75, 3.05) is 42.9 Å². The second-order valence-electron chi connectivity index (χ2n) is 6.00. The predicted octanol–water partition coefficient (Wildman–Crippen LogP) is 4.14. The molecule has 132 valence electrons. The third-order valence-electron chi connectivity index (χ3n) is 4.33. The summed E-state index contributed by atoms with van der Waals surface area (Å²) in [4.78, 5) is 16.6. The second kappa shape index (κ2) is 8.45. The number of benzene rings is 2. The van der Waals surface area contributed by atoms with E-state index in [4.69, 9.17) is 23.2 Å². The van der Waals surface area contributed by atoms with E-state index in [0.29, 0.717) is 18.0 Å². The van der Waals surface area contributed by atoms with Gasteiger partial charge in [0.05, 0.1) is 10.7 Å². The number of rotatable bonds is 5. The maximum Gasteiger partial charge on any atom is 0.224 e. The Kier molecular flexibility index (Phi) is 6.05. The van der Waals surface area contributed by atoms with Crippen molar-refractivity contribution >= 4 is 40.5 Å². The van der Waals surface area contributed by atoms with Crippen LogP contribution in [0.15, 0.2) is 48.5 Å². The molecule has 0 saturated carbocycles. The smallest absolute Gasteiger partial charge is 0.224 e. The molecule has 1 heterocycles. The Balaban J connectivity index is 1.45. The summed E-state index contributed by atoms with van der Waals surface area (Å²) in [5.41, 5.74) is 1.97. The molecule has 1 amide bonds. The van der Waals surface area contributed by atoms with E-state index < -0.39 is 0 Å². The number of para-hydroxylation sites is 1. The van der Waals surface area contributed by atoms with Gasteiger partial charge in [-0.25, -0.2) is 0 Å². The number of amides is 1. The highest BCUT2D eigenvalue weighted by atomic mass is 35.5. The Bertz CT molecular complexity index is 730. The number of hydrogen-bond acceptors (Lipinski definition) is 3. The van der Waals surface area contributed by atoms with Crippen LogP contribution in [-0.2, 0) is 4.79 Å². The van der Waals surface area contributed by atoms with Gasteiger partial charge in [0.15, 0.2) is 0 Å². The van der Waals surface area contributed by atoms with Crippen LogP contribution in [-0.4, -0.2) is 43.5 Å². The lowest BCUT2D eigenvalue weighted by atomic mass is 10.2. The van der Waals surface area contributed by atoms with Crippen LogP contribution >= 0.6 is 23.2 Å². The first-order valence-corrected chi connectivity index (χ1v) is 9.16. The average Bonchev–Trinajstić information content (AvgIpc) is 2.63. The van der Waals surface area contributed by atoms with E-state index in [1.165, 1.54) is 0 Å². The van der Waals surface area contributed by atoms with Gasteiger partial charge in [-0.05, 0) is 30.3 Å². The van der Waals surface area contributed by atoms with Crippen molar-refractivity contribution in [3.05, 3.63) is 58.6 Å². The van der Waals surface area contributed by atoms with Crippen molar-refractivity contribution in [1.29, 1.82) is 0 Å². The molecule has 1 aliphatic heterocycles. The van der Waals surface area contributed by atoms with E-state index in [1.807, 2.05) is 47.4 Å². The van der Waals surface area contributed by atoms with Crippen LogP contribution in [0.5, 0.6) is 0 Å². The quantitative estimate of drug-likeness (QED) is 0.849. The van der Waals surface area contributed by atoms with Crippen LogP contribution in [0.1, 0.15) is 6.42 Å². The molecule has 1 fully saturated rings. The highest BCUT2D eigenvalue weighted by Crippen LogP contribution is 2.22. The van der Waals surface area contributed by atoms with Crippen molar-refractivity contribution in [3.8, 4) is 0 Å². The summed E-state index contributed by atoms with van der Waals surface area (Å²) in [6, 6.07) is 15.4. The SMILES string of the molecule is O=C(CCNc1ccccc1Cl)N1CCN(c2cccc(Cl)c2)CC1. The van der Waals surface area contributed by atoms with Gasteiger partial charge in [-0.2, -0.15) is 0 Å². The lowest BCUT2D eigenvalue weighted by Gasteiger charge is -2.36. The first-order chi connectivity index (χ1) is 12.1. The molecule has 0 aromatic heterocycles. The number of anilines is 2. The molecule has 4 nitrogen and oxygen atoms in total.